The molecule has 1 aromatic carbocycles. The minimum absolute atomic E-state index is 0.0742. The van der Waals surface area contributed by atoms with Gasteiger partial charge in [-0.3, -0.25) is 43.3 Å². The zero-order chi connectivity index (χ0) is 40.2. The van der Waals surface area contributed by atoms with E-state index >= 15 is 0 Å². The van der Waals surface area contributed by atoms with Crippen LogP contribution in [0.3, 0.4) is 0 Å². The summed E-state index contributed by atoms with van der Waals surface area (Å²) >= 11 is 0. The Morgan fingerprint density at radius 3 is 2.04 bits per heavy atom. The van der Waals surface area contributed by atoms with Gasteiger partial charge in [0.05, 0.1) is 6.42 Å². The zero-order valence-corrected chi connectivity index (χ0v) is 32.1. The summed E-state index contributed by atoms with van der Waals surface area (Å²) in [6.45, 7) is 7.39. The summed E-state index contributed by atoms with van der Waals surface area (Å²) in [4.78, 5) is 113. The molecule has 0 spiro atoms. The van der Waals surface area contributed by atoms with Crippen molar-refractivity contribution in [3.63, 3.8) is 0 Å². The van der Waals surface area contributed by atoms with Crippen LogP contribution in [0.5, 0.6) is 5.75 Å². The maximum atomic E-state index is 13.8. The summed E-state index contributed by atoms with van der Waals surface area (Å²) in [5.41, 5.74) is 5.94. The normalized spacial score (nSPS) is 24.9. The van der Waals surface area contributed by atoms with Gasteiger partial charge in [-0.1, -0.05) is 52.7 Å². The summed E-state index contributed by atoms with van der Waals surface area (Å²) in [5.74, 6) is -5.66. The predicted octanol–water partition coefficient (Wildman–Crippen LogP) is -0.101. The Balaban J connectivity index is 1.92. The Kier molecular flexibility index (Phi) is 16.4. The Labute approximate surface area is 314 Å². The number of hydrogen-bond donors (Lipinski definition) is 8. The first-order valence-electron chi connectivity index (χ1n) is 18.3. The van der Waals surface area contributed by atoms with Gasteiger partial charge in [-0.05, 0) is 55.2 Å². The summed E-state index contributed by atoms with van der Waals surface area (Å²) < 4.78 is 15.8. The standard InChI is InChI=1S/C35H54N7O11P/c1-20(2)29-34(48)39-25(19-27(36)43)32(46)41-30(21(3)4)35(49)42-17-9-10-26(42)33(47)37-16-8-6-5-7-11-28(44)38-24(31(45)40-29)18-22-12-14-23(15-13-22)53-54(50,51)52/h12-15,20-21,24-26,29-30H,5-11,16-19H2,1-4H3,(H2,36,43)(H,37,47)(H,38,44)(H,39,48)(H,40,45)(H,41,46)(H2,50,51,52)/t24-,25-,26-,29-,30-/m0/s1. The van der Waals surface area contributed by atoms with Crippen LogP contribution in [0.1, 0.15) is 84.6 Å². The Bertz CT molecular complexity index is 1570. The van der Waals surface area contributed by atoms with Crippen molar-refractivity contribution in [2.45, 2.75) is 116 Å². The van der Waals surface area contributed by atoms with Gasteiger partial charge in [-0.25, -0.2) is 4.57 Å². The van der Waals surface area contributed by atoms with Crippen LogP contribution in [0.4, 0.5) is 0 Å². The van der Waals surface area contributed by atoms with E-state index < -0.39 is 91.7 Å². The van der Waals surface area contributed by atoms with Gasteiger partial charge in [-0.15, -0.1) is 0 Å². The molecule has 2 aliphatic rings. The van der Waals surface area contributed by atoms with Gasteiger partial charge in [0.1, 0.15) is 36.0 Å². The second-order valence-electron chi connectivity index (χ2n) is 14.4. The fourth-order valence-electron chi connectivity index (χ4n) is 6.34. The monoisotopic (exact) mass is 779 g/mol. The highest BCUT2D eigenvalue weighted by atomic mass is 31.2. The lowest BCUT2D eigenvalue weighted by Crippen LogP contribution is -2.61. The molecule has 2 fully saturated rings. The lowest BCUT2D eigenvalue weighted by atomic mass is 9.99. The van der Waals surface area contributed by atoms with E-state index in [4.69, 9.17) is 15.5 Å². The molecular formula is C35H54N7O11P. The first-order chi connectivity index (χ1) is 25.4. The smallest absolute Gasteiger partial charge is 0.404 e. The third-order valence-corrected chi connectivity index (χ3v) is 9.67. The number of nitrogens with one attached hydrogen (secondary N) is 5. The molecule has 9 N–H and O–H groups in total. The maximum absolute atomic E-state index is 13.8. The molecule has 0 aliphatic carbocycles. The van der Waals surface area contributed by atoms with Crippen molar-refractivity contribution in [3.8, 4) is 5.75 Å². The van der Waals surface area contributed by atoms with Crippen LogP contribution in [0.2, 0.25) is 0 Å². The molecule has 0 aromatic heterocycles. The van der Waals surface area contributed by atoms with Crippen molar-refractivity contribution in [2.24, 2.45) is 17.6 Å². The number of nitrogens with zero attached hydrogens (tertiary/aromatic N) is 1. The van der Waals surface area contributed by atoms with E-state index in [-0.39, 0.29) is 24.5 Å². The van der Waals surface area contributed by atoms with E-state index in [2.05, 4.69) is 31.1 Å². The fourth-order valence-corrected chi connectivity index (χ4v) is 6.73. The Morgan fingerprint density at radius 2 is 1.43 bits per heavy atom. The number of hydrogen-bond acceptors (Lipinski definition) is 9. The number of amides is 7. The minimum Gasteiger partial charge on any atom is -0.404 e. The van der Waals surface area contributed by atoms with Crippen molar-refractivity contribution in [1.29, 1.82) is 0 Å². The van der Waals surface area contributed by atoms with Gasteiger partial charge in [-0.2, -0.15) is 0 Å². The van der Waals surface area contributed by atoms with Gasteiger partial charge in [0.2, 0.25) is 41.4 Å². The number of fused-ring (bicyclic) bond motifs is 1. The molecule has 0 bridgehead atoms. The van der Waals surface area contributed by atoms with E-state index in [9.17, 15) is 38.1 Å². The molecule has 3 rings (SSSR count). The molecule has 7 amide bonds. The summed E-state index contributed by atoms with van der Waals surface area (Å²) in [7, 11) is -4.81. The molecule has 5 atom stereocenters. The van der Waals surface area contributed by atoms with Crippen molar-refractivity contribution in [1.82, 2.24) is 31.5 Å². The minimum atomic E-state index is -4.81. The SMILES string of the molecule is CC(C)[C@@H]1NC(=O)[C@H](Cc2ccc(OP(=O)(O)O)cc2)NC(=O)CCCCCCNC(=O)[C@@H]2CCCN2C(=O)[C@H](C(C)C)NC(=O)[C@H](CC(N)=O)NC1=O. The van der Waals surface area contributed by atoms with E-state index in [0.717, 1.165) is 0 Å². The molecule has 19 heteroatoms. The second-order valence-corrected chi connectivity index (χ2v) is 15.6. The maximum Gasteiger partial charge on any atom is 0.524 e. The van der Waals surface area contributed by atoms with E-state index in [0.29, 0.717) is 57.2 Å². The molecule has 2 aliphatic heterocycles. The van der Waals surface area contributed by atoms with Gasteiger partial charge in [0.15, 0.2) is 0 Å². The number of benzene rings is 1. The van der Waals surface area contributed by atoms with Gasteiger partial charge in [0, 0.05) is 25.9 Å². The number of nitrogens with two attached hydrogens (primary N) is 1. The predicted molar refractivity (Wildman–Crippen MR) is 195 cm³/mol. The van der Waals surface area contributed by atoms with Crippen molar-refractivity contribution < 1.29 is 52.4 Å². The topological polar surface area (TPSA) is 276 Å². The van der Waals surface area contributed by atoms with E-state index in [1.54, 1.807) is 27.7 Å². The van der Waals surface area contributed by atoms with Crippen molar-refractivity contribution >= 4 is 49.2 Å². The summed E-state index contributed by atoms with van der Waals surface area (Å²) in [6.07, 6.45) is 2.91. The largest absolute Gasteiger partial charge is 0.524 e. The highest BCUT2D eigenvalue weighted by Gasteiger charge is 2.40. The van der Waals surface area contributed by atoms with Crippen LogP contribution in [-0.4, -0.2) is 99.3 Å². The first kappa shape index (κ1) is 43.9. The molecule has 0 unspecified atom stereocenters. The van der Waals surface area contributed by atoms with E-state index in [1.165, 1.54) is 29.2 Å². The van der Waals surface area contributed by atoms with Crippen LogP contribution in [0.15, 0.2) is 24.3 Å². The van der Waals surface area contributed by atoms with Crippen LogP contribution in [0.25, 0.3) is 0 Å². The molecule has 18 nitrogen and oxygen atoms in total. The number of primary amides is 1. The molecule has 54 heavy (non-hydrogen) atoms. The number of phosphoric acid groups is 1. The third kappa shape index (κ3) is 13.7. The van der Waals surface area contributed by atoms with Gasteiger partial charge in [0.25, 0.3) is 0 Å². The van der Waals surface area contributed by atoms with E-state index in [1.807, 2.05) is 0 Å². The average Bonchev–Trinajstić information content (AvgIpc) is 3.57. The molecule has 2 heterocycles. The van der Waals surface area contributed by atoms with Gasteiger partial charge >= 0.3 is 7.82 Å². The van der Waals surface area contributed by atoms with Crippen LogP contribution in [-0.2, 0) is 44.5 Å². The molecular weight excluding hydrogens is 725 g/mol. The molecule has 2 saturated heterocycles. The zero-order valence-electron chi connectivity index (χ0n) is 31.2. The average molecular weight is 780 g/mol. The summed E-state index contributed by atoms with van der Waals surface area (Å²) in [5, 5.41) is 13.4. The Morgan fingerprint density at radius 1 is 0.815 bits per heavy atom. The molecule has 0 saturated carbocycles. The quantitative estimate of drug-likeness (QED) is 0.161. The van der Waals surface area contributed by atoms with Crippen molar-refractivity contribution in [2.75, 3.05) is 13.1 Å². The highest BCUT2D eigenvalue weighted by Crippen LogP contribution is 2.37. The summed E-state index contributed by atoms with van der Waals surface area (Å²) in [6, 6.07) is -0.280. The van der Waals surface area contributed by atoms with Gasteiger partial charge < -0.3 is 41.7 Å². The van der Waals surface area contributed by atoms with Crippen LogP contribution in [0, 0.1) is 11.8 Å². The molecule has 1 aromatic rings. The number of carbonyl (C=O) groups is 7. The Hall–Kier alpha value is -4.54. The first-order valence-corrected chi connectivity index (χ1v) is 19.8. The third-order valence-electron chi connectivity index (χ3n) is 9.22. The fraction of sp³-hybridized carbons (Fsp3) is 0.629. The number of carbonyl (C=O) groups excluding carboxylic acids is 7. The second kappa shape index (κ2) is 20.2. The molecule has 0 radical (unpaired) electrons. The lowest BCUT2D eigenvalue weighted by molar-refractivity contribution is -0.143. The van der Waals surface area contributed by atoms with Crippen LogP contribution >= 0.6 is 7.82 Å². The van der Waals surface area contributed by atoms with Crippen LogP contribution < -0.4 is 36.8 Å². The van der Waals surface area contributed by atoms with Crippen molar-refractivity contribution in [3.05, 3.63) is 29.8 Å². The highest BCUT2D eigenvalue weighted by molar-refractivity contribution is 7.46. The number of rotatable bonds is 8. The number of phosphoric ester groups is 1. The lowest BCUT2D eigenvalue weighted by Gasteiger charge is -2.32. The molecule has 300 valence electrons.